The number of hydrogen-bond acceptors (Lipinski definition) is 8. The lowest BCUT2D eigenvalue weighted by atomic mass is 10.1. The highest BCUT2D eigenvalue weighted by molar-refractivity contribution is 6.15. The molecule has 0 radical (unpaired) electrons. The summed E-state index contributed by atoms with van der Waals surface area (Å²) in [6.45, 7) is 4.24. The number of fused-ring (bicyclic) bond motifs is 4. The van der Waals surface area contributed by atoms with Gasteiger partial charge < -0.3 is 25.3 Å². The Morgan fingerprint density at radius 3 is 2.73 bits per heavy atom. The summed E-state index contributed by atoms with van der Waals surface area (Å²) in [6, 6.07) is 1.55. The number of H-pyrrole nitrogens is 1. The highest BCUT2D eigenvalue weighted by Crippen LogP contribution is 2.40. The van der Waals surface area contributed by atoms with Crippen LogP contribution in [0.4, 0.5) is 20.3 Å². The molecular weight excluding hydrogens is 430 g/mol. The zero-order valence-corrected chi connectivity index (χ0v) is 18.1. The lowest BCUT2D eigenvalue weighted by Gasteiger charge is -2.20. The maximum atomic E-state index is 15.1. The molecule has 9 nitrogen and oxygen atoms in total. The molecular formula is C22H22F2N8O. The monoisotopic (exact) mass is 452 g/mol. The van der Waals surface area contributed by atoms with Crippen molar-refractivity contribution >= 4 is 33.4 Å². The van der Waals surface area contributed by atoms with E-state index in [9.17, 15) is 4.39 Å². The molecule has 2 fully saturated rings. The number of hydrogen-bond donors (Lipinski definition) is 3. The number of aromatic amines is 1. The van der Waals surface area contributed by atoms with Crippen LogP contribution in [0.2, 0.25) is 0 Å². The van der Waals surface area contributed by atoms with Crippen molar-refractivity contribution in [1.82, 2.24) is 30.2 Å². The maximum absolute atomic E-state index is 15.1. The average Bonchev–Trinajstić information content (AvgIpc) is 3.50. The van der Waals surface area contributed by atoms with E-state index >= 15 is 4.39 Å². The molecule has 2 aliphatic rings. The number of ether oxygens (including phenoxy) is 1. The number of anilines is 2. The van der Waals surface area contributed by atoms with Gasteiger partial charge in [0.05, 0.1) is 34.4 Å². The molecule has 11 heteroatoms. The molecule has 0 aliphatic carbocycles. The van der Waals surface area contributed by atoms with Gasteiger partial charge in [-0.2, -0.15) is 9.97 Å². The number of aromatic nitrogens is 5. The second-order valence-electron chi connectivity index (χ2n) is 8.48. The van der Waals surface area contributed by atoms with Crippen molar-refractivity contribution in [2.24, 2.45) is 5.92 Å². The van der Waals surface area contributed by atoms with Crippen LogP contribution >= 0.6 is 0 Å². The van der Waals surface area contributed by atoms with Gasteiger partial charge >= 0.3 is 6.01 Å². The predicted octanol–water partition coefficient (Wildman–Crippen LogP) is 3.12. The van der Waals surface area contributed by atoms with Gasteiger partial charge in [0, 0.05) is 32.2 Å². The number of halogens is 2. The van der Waals surface area contributed by atoms with Gasteiger partial charge in [0.15, 0.2) is 17.4 Å². The topological polar surface area (TPSA) is 104 Å². The standard InChI is InChI=1S/C22H22F2N8O/c1-10-27-6-12(7-28-10)33-22-30-20-17(16-18(24)13(23)5-14(25-2)19(16)29-20)21(31-22)32-8-11-3-4-26-15(11)9-32/h5-7,11,15,25-26H,3-4,8-9H2,1-2H3,(H,29,30,31)/t11-,15+/m1/s1. The molecule has 0 amide bonds. The Bertz CT molecular complexity index is 1360. The van der Waals surface area contributed by atoms with E-state index in [0.717, 1.165) is 25.6 Å². The normalized spacial score (nSPS) is 20.1. The molecule has 6 rings (SSSR count). The molecule has 0 saturated carbocycles. The zero-order valence-electron chi connectivity index (χ0n) is 18.1. The molecule has 2 aliphatic heterocycles. The Kier molecular flexibility index (Phi) is 4.54. The number of nitrogens with zero attached hydrogens (tertiary/aromatic N) is 5. The van der Waals surface area contributed by atoms with Crippen LogP contribution in [0.3, 0.4) is 0 Å². The van der Waals surface area contributed by atoms with Gasteiger partial charge in [0.2, 0.25) is 0 Å². The van der Waals surface area contributed by atoms with Crippen molar-refractivity contribution in [2.75, 3.05) is 36.9 Å². The third-order valence-electron chi connectivity index (χ3n) is 6.48. The molecule has 0 bridgehead atoms. The molecule has 5 heterocycles. The van der Waals surface area contributed by atoms with E-state index in [1.807, 2.05) is 0 Å². The van der Waals surface area contributed by atoms with Gasteiger partial charge in [-0.25, -0.2) is 18.7 Å². The van der Waals surface area contributed by atoms with Crippen molar-refractivity contribution in [3.05, 3.63) is 35.9 Å². The van der Waals surface area contributed by atoms with Crippen molar-refractivity contribution in [2.45, 2.75) is 19.4 Å². The molecule has 33 heavy (non-hydrogen) atoms. The summed E-state index contributed by atoms with van der Waals surface area (Å²) in [5.41, 5.74) is 1.22. The fourth-order valence-electron chi connectivity index (χ4n) is 4.89. The van der Waals surface area contributed by atoms with E-state index in [4.69, 9.17) is 4.74 Å². The van der Waals surface area contributed by atoms with Crippen molar-refractivity contribution < 1.29 is 13.5 Å². The molecule has 170 valence electrons. The van der Waals surface area contributed by atoms with Crippen LogP contribution in [0, 0.1) is 24.5 Å². The number of nitrogens with one attached hydrogen (secondary N) is 3. The first-order valence-electron chi connectivity index (χ1n) is 10.9. The van der Waals surface area contributed by atoms with Crippen LogP contribution in [0.15, 0.2) is 18.5 Å². The number of benzene rings is 1. The fourth-order valence-corrected chi connectivity index (χ4v) is 4.89. The summed E-state index contributed by atoms with van der Waals surface area (Å²) < 4.78 is 35.4. The van der Waals surface area contributed by atoms with E-state index in [1.54, 1.807) is 26.4 Å². The van der Waals surface area contributed by atoms with Crippen LogP contribution in [0.5, 0.6) is 11.8 Å². The van der Waals surface area contributed by atoms with Gasteiger partial charge in [-0.05, 0) is 25.8 Å². The Balaban J connectivity index is 1.56. The molecule has 0 unspecified atom stereocenters. The van der Waals surface area contributed by atoms with Gasteiger partial charge in [0.25, 0.3) is 0 Å². The minimum absolute atomic E-state index is 0.0772. The number of rotatable bonds is 4. The van der Waals surface area contributed by atoms with Crippen LogP contribution < -0.4 is 20.3 Å². The molecule has 0 spiro atoms. The van der Waals surface area contributed by atoms with E-state index in [-0.39, 0.29) is 11.4 Å². The van der Waals surface area contributed by atoms with E-state index in [1.165, 1.54) is 0 Å². The van der Waals surface area contributed by atoms with Crippen LogP contribution in [-0.2, 0) is 0 Å². The Hall–Kier alpha value is -3.60. The van der Waals surface area contributed by atoms with Gasteiger partial charge in [-0.15, -0.1) is 0 Å². The summed E-state index contributed by atoms with van der Waals surface area (Å²) >= 11 is 0. The van der Waals surface area contributed by atoms with E-state index < -0.39 is 11.6 Å². The summed E-state index contributed by atoms with van der Waals surface area (Å²) in [5, 5.41) is 6.99. The Morgan fingerprint density at radius 2 is 1.97 bits per heavy atom. The number of aryl methyl sites for hydroxylation is 1. The third-order valence-corrected chi connectivity index (χ3v) is 6.48. The highest BCUT2D eigenvalue weighted by Gasteiger charge is 2.38. The largest absolute Gasteiger partial charge is 0.421 e. The summed E-state index contributed by atoms with van der Waals surface area (Å²) in [6.07, 6.45) is 4.15. The quantitative estimate of drug-likeness (QED) is 0.434. The lowest BCUT2D eigenvalue weighted by Crippen LogP contribution is -2.30. The maximum Gasteiger partial charge on any atom is 0.326 e. The minimum Gasteiger partial charge on any atom is -0.421 e. The zero-order chi connectivity index (χ0) is 22.7. The first-order chi connectivity index (χ1) is 16.0. The molecule has 1 aromatic carbocycles. The molecule has 3 N–H and O–H groups in total. The molecule has 4 aromatic rings. The van der Waals surface area contributed by atoms with Crippen molar-refractivity contribution in [1.29, 1.82) is 0 Å². The van der Waals surface area contributed by atoms with Crippen molar-refractivity contribution in [3.8, 4) is 11.8 Å². The SMILES string of the molecule is CNc1cc(F)c(F)c2c1[nH]c1nc(Oc3cnc(C)nc3)nc(N3C[C@H]4CCN[C@H]4C3)c12. The van der Waals surface area contributed by atoms with Gasteiger partial charge in [0.1, 0.15) is 17.3 Å². The van der Waals surface area contributed by atoms with Gasteiger partial charge in [-0.3, -0.25) is 0 Å². The average molecular weight is 452 g/mol. The Morgan fingerprint density at radius 1 is 1.15 bits per heavy atom. The predicted molar refractivity (Wildman–Crippen MR) is 120 cm³/mol. The van der Waals surface area contributed by atoms with E-state index in [0.29, 0.717) is 58.1 Å². The van der Waals surface area contributed by atoms with Gasteiger partial charge in [-0.1, -0.05) is 0 Å². The lowest BCUT2D eigenvalue weighted by molar-refractivity contribution is 0.439. The van der Waals surface area contributed by atoms with Crippen molar-refractivity contribution in [3.63, 3.8) is 0 Å². The summed E-state index contributed by atoms with van der Waals surface area (Å²) in [5.74, 6) is 0.119. The second-order valence-corrected chi connectivity index (χ2v) is 8.48. The smallest absolute Gasteiger partial charge is 0.326 e. The first-order valence-corrected chi connectivity index (χ1v) is 10.9. The summed E-state index contributed by atoms with van der Waals surface area (Å²) in [4.78, 5) is 22.6. The molecule has 3 aromatic heterocycles. The molecule has 2 atom stereocenters. The van der Waals surface area contributed by atoms with E-state index in [2.05, 4.69) is 40.5 Å². The van der Waals surface area contributed by atoms with Crippen LogP contribution in [-0.4, -0.2) is 57.6 Å². The van der Waals surface area contributed by atoms with Crippen LogP contribution in [0.1, 0.15) is 12.2 Å². The first kappa shape index (κ1) is 20.0. The third kappa shape index (κ3) is 3.22. The van der Waals surface area contributed by atoms with Crippen LogP contribution in [0.25, 0.3) is 21.9 Å². The minimum atomic E-state index is -0.934. The highest BCUT2D eigenvalue weighted by atomic mass is 19.2. The Labute approximate surface area is 187 Å². The molecule has 2 saturated heterocycles. The second kappa shape index (κ2) is 7.48. The fraction of sp³-hybridized carbons (Fsp3) is 0.364. The summed E-state index contributed by atoms with van der Waals surface area (Å²) in [7, 11) is 1.66.